The Balaban J connectivity index is 1.17. The summed E-state index contributed by atoms with van der Waals surface area (Å²) < 4.78 is 98.9. The number of hydrogen-bond acceptors (Lipinski definition) is 4. The van der Waals surface area contributed by atoms with Crippen LogP contribution >= 0.6 is 0 Å². The summed E-state index contributed by atoms with van der Waals surface area (Å²) in [5.74, 6) is 2.03. The molecule has 0 unspecified atom stereocenters. The van der Waals surface area contributed by atoms with Gasteiger partial charge in [-0.2, -0.15) is 0 Å². The average molecular weight is 1030 g/mol. The fourth-order valence-electron chi connectivity index (χ4n) is 11.0. The van der Waals surface area contributed by atoms with Gasteiger partial charge in [0.05, 0.1) is 41.8 Å². The number of aromatic nitrogens is 2. The van der Waals surface area contributed by atoms with Crippen molar-refractivity contribution in [2.24, 2.45) is 5.41 Å². The standard InChI is InChI=1S/C72H82N4O/c1-66(2,3)47-29-32-60(75-65-55(45-25-21-19-22-26-45)37-50(69(10,11)12)38-56(65)46-27-23-20-24-28-46)61(39-47)74-51-35-49(68(7,8)9)36-53(41-51)77-52-30-31-54-57-43-58-59(71(15,16)72(17,18)70(58,13)14)44-63(57)76(62(54)42-52)64-40-48(33-34-73-64)67(4,5)6/h19-44,74-75H,1-18H3/i19D,20D,21D,22D,23D,24D,25D,26D,27D,28D. The first-order chi connectivity index (χ1) is 40.1. The molecular formula is C72H82N4O. The Kier molecular flexibility index (Phi) is 10.1. The van der Waals surface area contributed by atoms with E-state index in [1.807, 2.05) is 57.3 Å². The van der Waals surface area contributed by atoms with Crippen LogP contribution in [-0.2, 0) is 32.5 Å². The van der Waals surface area contributed by atoms with Crippen LogP contribution in [0.2, 0.25) is 0 Å². The van der Waals surface area contributed by atoms with Gasteiger partial charge < -0.3 is 15.4 Å². The summed E-state index contributed by atoms with van der Waals surface area (Å²) >= 11 is 0. The molecule has 2 N–H and O–H groups in total. The van der Waals surface area contributed by atoms with Gasteiger partial charge in [-0.3, -0.25) is 4.57 Å². The maximum absolute atomic E-state index is 9.31. The third-order valence-corrected chi connectivity index (χ3v) is 17.2. The predicted octanol–water partition coefficient (Wildman–Crippen LogP) is 20.6. The molecule has 1 aliphatic rings. The second-order valence-corrected chi connectivity index (χ2v) is 27.0. The Hall–Kier alpha value is -7.11. The maximum atomic E-state index is 9.31. The first-order valence-electron chi connectivity index (χ1n) is 32.0. The number of hydrogen-bond donors (Lipinski definition) is 2. The summed E-state index contributed by atoms with van der Waals surface area (Å²) in [4.78, 5) is 5.06. The predicted molar refractivity (Wildman–Crippen MR) is 330 cm³/mol. The molecule has 2 aromatic heterocycles. The first kappa shape index (κ1) is 42.0. The third-order valence-electron chi connectivity index (χ3n) is 17.2. The largest absolute Gasteiger partial charge is 0.457 e. The molecule has 5 heteroatoms. The highest BCUT2D eigenvalue weighted by Crippen LogP contribution is 2.62. The number of ether oxygens (including phenoxy) is 1. The van der Waals surface area contributed by atoms with E-state index in [2.05, 4.69) is 168 Å². The average Bonchev–Trinajstić information content (AvgIpc) is 1.55. The molecule has 2 heterocycles. The summed E-state index contributed by atoms with van der Waals surface area (Å²) in [7, 11) is 0. The number of nitrogens with one attached hydrogen (secondary N) is 2. The third kappa shape index (κ3) is 9.63. The first-order valence-corrected chi connectivity index (χ1v) is 27.0. The number of nitrogens with zero attached hydrogens (tertiary/aromatic N) is 2. The quantitative estimate of drug-likeness (QED) is 0.151. The molecule has 0 radical (unpaired) electrons. The minimum absolute atomic E-state index is 0.0315. The van der Waals surface area contributed by atoms with Crippen molar-refractivity contribution in [3.63, 3.8) is 0 Å². The normalized spacial score (nSPS) is 17.0. The lowest BCUT2D eigenvalue weighted by Crippen LogP contribution is -2.42. The molecule has 77 heavy (non-hydrogen) atoms. The van der Waals surface area contributed by atoms with Crippen molar-refractivity contribution in [2.45, 2.75) is 157 Å². The number of pyridine rings is 1. The van der Waals surface area contributed by atoms with Crippen LogP contribution in [0.5, 0.6) is 11.5 Å². The van der Waals surface area contributed by atoms with Crippen molar-refractivity contribution in [1.29, 1.82) is 0 Å². The van der Waals surface area contributed by atoms with Gasteiger partial charge >= 0.3 is 0 Å². The van der Waals surface area contributed by atoms with E-state index in [-0.39, 0.29) is 60.4 Å². The van der Waals surface area contributed by atoms with E-state index in [4.69, 9.17) is 17.9 Å². The van der Waals surface area contributed by atoms with Gasteiger partial charge in [-0.25, -0.2) is 4.98 Å². The second-order valence-electron chi connectivity index (χ2n) is 27.0. The SMILES string of the molecule is [2H]c1c([2H])c([2H])c(-c2cc(C(C)(C)C)cc(-c3c([2H])c([2H])c([2H])c([2H])c3[2H])c2Nc2ccc(C(C)(C)C)cc2Nc2cc(Oc3ccc4c5cc6c(cc5n(-c5cc(C(C)(C)C)ccn5)c4c3)C(C)(C)C(C)(C)C6(C)C)cc(C(C)(C)C)c2)c([2H])c1[2H]. The highest BCUT2D eigenvalue weighted by atomic mass is 16.5. The van der Waals surface area contributed by atoms with Gasteiger partial charge in [-0.15, -0.1) is 0 Å². The van der Waals surface area contributed by atoms with Crippen molar-refractivity contribution in [3.05, 3.63) is 191 Å². The highest BCUT2D eigenvalue weighted by molar-refractivity contribution is 6.10. The van der Waals surface area contributed by atoms with Crippen LogP contribution in [-0.4, -0.2) is 9.55 Å². The van der Waals surface area contributed by atoms with Crippen LogP contribution in [0.15, 0.2) is 158 Å². The Morgan fingerprint density at radius 2 is 1.00 bits per heavy atom. The van der Waals surface area contributed by atoms with Crippen molar-refractivity contribution < 1.29 is 18.4 Å². The van der Waals surface area contributed by atoms with Crippen LogP contribution in [0, 0.1) is 5.41 Å². The number of fused-ring (bicyclic) bond motifs is 4. The lowest BCUT2D eigenvalue weighted by atomic mass is 9.59. The number of rotatable bonds is 9. The number of anilines is 4. The van der Waals surface area contributed by atoms with Crippen molar-refractivity contribution in [2.75, 3.05) is 10.6 Å². The summed E-state index contributed by atoms with van der Waals surface area (Å²) in [5, 5.41) is 9.60. The Morgan fingerprint density at radius 3 is 1.57 bits per heavy atom. The molecule has 0 bridgehead atoms. The van der Waals surface area contributed by atoms with E-state index in [1.165, 1.54) is 16.7 Å². The molecule has 7 aromatic carbocycles. The molecule has 0 fully saturated rings. The van der Waals surface area contributed by atoms with E-state index in [0.717, 1.165) is 38.8 Å². The monoisotopic (exact) mass is 1030 g/mol. The summed E-state index contributed by atoms with van der Waals surface area (Å²) in [6, 6.07) is 25.9. The van der Waals surface area contributed by atoms with Crippen LogP contribution in [0.4, 0.5) is 22.7 Å². The molecule has 5 nitrogen and oxygen atoms in total. The van der Waals surface area contributed by atoms with Crippen LogP contribution in [0.25, 0.3) is 49.9 Å². The van der Waals surface area contributed by atoms with Crippen LogP contribution < -0.4 is 15.4 Å². The summed E-state index contributed by atoms with van der Waals surface area (Å²) in [5.41, 5.74) is 8.88. The van der Waals surface area contributed by atoms with E-state index in [0.29, 0.717) is 34.1 Å². The van der Waals surface area contributed by atoms with Crippen molar-refractivity contribution >= 4 is 44.6 Å². The van der Waals surface area contributed by atoms with Crippen LogP contribution in [0.3, 0.4) is 0 Å². The zero-order chi connectivity index (χ0) is 64.1. The van der Waals surface area contributed by atoms with Gasteiger partial charge in [-0.05, 0) is 155 Å². The van der Waals surface area contributed by atoms with Gasteiger partial charge in [0.2, 0.25) is 0 Å². The molecule has 10 rings (SSSR count). The molecule has 0 aliphatic heterocycles. The Labute approximate surface area is 474 Å². The summed E-state index contributed by atoms with van der Waals surface area (Å²) in [6.07, 6.45) is 1.91. The molecule has 0 saturated carbocycles. The molecule has 1 aliphatic carbocycles. The Bertz CT molecular complexity index is 4190. The van der Waals surface area contributed by atoms with E-state index >= 15 is 0 Å². The molecule has 0 atom stereocenters. The molecular weight excluding hydrogens is 937 g/mol. The Morgan fingerprint density at radius 1 is 0.468 bits per heavy atom. The van der Waals surface area contributed by atoms with Gasteiger partial charge in [0.25, 0.3) is 0 Å². The smallest absolute Gasteiger partial charge is 0.137 e. The molecule has 0 spiro atoms. The second kappa shape index (κ2) is 18.5. The van der Waals surface area contributed by atoms with E-state index < -0.39 is 65.8 Å². The van der Waals surface area contributed by atoms with E-state index in [1.54, 1.807) is 12.1 Å². The molecule has 0 amide bonds. The fourth-order valence-corrected chi connectivity index (χ4v) is 11.0. The van der Waals surface area contributed by atoms with Gasteiger partial charge in [-0.1, -0.05) is 191 Å². The van der Waals surface area contributed by atoms with E-state index in [9.17, 15) is 5.48 Å². The highest BCUT2D eigenvalue weighted by Gasteiger charge is 2.57. The lowest BCUT2D eigenvalue weighted by molar-refractivity contribution is 0.125. The van der Waals surface area contributed by atoms with Crippen LogP contribution in [0.1, 0.15) is 172 Å². The zero-order valence-corrected chi connectivity index (χ0v) is 48.5. The lowest BCUT2D eigenvalue weighted by Gasteiger charge is -2.44. The van der Waals surface area contributed by atoms with Crippen molar-refractivity contribution in [3.8, 4) is 39.6 Å². The van der Waals surface area contributed by atoms with Gasteiger partial charge in [0.1, 0.15) is 17.3 Å². The van der Waals surface area contributed by atoms with Gasteiger partial charge in [0, 0.05) is 45.9 Å². The molecule has 9 aromatic rings. The van der Waals surface area contributed by atoms with Gasteiger partial charge in [0.15, 0.2) is 0 Å². The van der Waals surface area contributed by atoms with Crippen molar-refractivity contribution in [1.82, 2.24) is 9.55 Å². The topological polar surface area (TPSA) is 51.1 Å². The minimum Gasteiger partial charge on any atom is -0.457 e. The maximum Gasteiger partial charge on any atom is 0.137 e. The fraction of sp³-hybridized carbons (Fsp3) is 0.347. The molecule has 0 saturated heterocycles. The number of benzene rings is 7. The molecule has 396 valence electrons. The zero-order valence-electron chi connectivity index (χ0n) is 58.5. The summed E-state index contributed by atoms with van der Waals surface area (Å²) in [6.45, 7) is 39.6. The minimum atomic E-state index is -0.631.